The van der Waals surface area contributed by atoms with E-state index in [4.69, 9.17) is 21.5 Å². The Morgan fingerprint density at radius 1 is 1.03 bits per heavy atom. The number of ether oxygens (including phenoxy) is 1. The highest BCUT2D eigenvalue weighted by atomic mass is 35.5. The summed E-state index contributed by atoms with van der Waals surface area (Å²) in [6.07, 6.45) is 0. The van der Waals surface area contributed by atoms with Gasteiger partial charge in [-0.1, -0.05) is 29.0 Å². The number of primary sulfonamides is 1. The van der Waals surface area contributed by atoms with Crippen molar-refractivity contribution in [1.29, 1.82) is 0 Å². The fraction of sp³-hybridized carbons (Fsp3) is 0.0870. The van der Waals surface area contributed by atoms with Gasteiger partial charge in [0.25, 0.3) is 15.9 Å². The van der Waals surface area contributed by atoms with Crippen LogP contribution in [0, 0.1) is 0 Å². The number of esters is 1. The van der Waals surface area contributed by atoms with Crippen molar-refractivity contribution >= 4 is 70.8 Å². The molecular weight excluding hydrogens is 576 g/mol. The summed E-state index contributed by atoms with van der Waals surface area (Å²) in [6.45, 7) is -0.293. The van der Waals surface area contributed by atoms with Gasteiger partial charge in [-0.3, -0.25) is 14.3 Å². The van der Waals surface area contributed by atoms with E-state index in [0.29, 0.717) is 15.2 Å². The van der Waals surface area contributed by atoms with Gasteiger partial charge >= 0.3 is 5.97 Å². The van der Waals surface area contributed by atoms with Crippen LogP contribution in [0.2, 0.25) is 5.02 Å². The molecule has 15 heteroatoms. The number of hydrogen-bond acceptors (Lipinski definition) is 8. The quantitative estimate of drug-likeness (QED) is 0.310. The summed E-state index contributed by atoms with van der Waals surface area (Å²) in [7, 11) is -6.74. The van der Waals surface area contributed by atoms with E-state index in [-0.39, 0.29) is 32.4 Å². The van der Waals surface area contributed by atoms with Crippen LogP contribution in [0.15, 0.2) is 81.5 Å². The van der Waals surface area contributed by atoms with Gasteiger partial charge in [0, 0.05) is 16.3 Å². The maximum Gasteiger partial charge on any atom is 0.325 e. The number of amides is 1. The lowest BCUT2D eigenvalue weighted by molar-refractivity contribution is -0.141. The molecule has 0 aliphatic rings. The van der Waals surface area contributed by atoms with E-state index in [1.807, 2.05) is 0 Å². The van der Waals surface area contributed by atoms with Crippen LogP contribution in [0.25, 0.3) is 10.2 Å². The number of nitrogens with zero attached hydrogens (tertiary/aromatic N) is 2. The average Bonchev–Trinajstić information content (AvgIpc) is 3.19. The van der Waals surface area contributed by atoms with Crippen molar-refractivity contribution in [2.24, 2.45) is 10.1 Å². The number of halogens is 1. The SMILES string of the molecule is COC(=O)Cn1c(=NC(=O)c2cccc(NS(=O)(=O)c3ccc(Cl)cc3)c2)sc2cc(S(N)(=O)=O)ccc21. The largest absolute Gasteiger partial charge is 0.468 e. The molecule has 4 rings (SSSR count). The van der Waals surface area contributed by atoms with Crippen molar-refractivity contribution in [3.63, 3.8) is 0 Å². The smallest absolute Gasteiger partial charge is 0.325 e. The summed E-state index contributed by atoms with van der Waals surface area (Å²) >= 11 is 6.79. The predicted molar refractivity (Wildman–Crippen MR) is 142 cm³/mol. The van der Waals surface area contributed by atoms with Gasteiger partial charge < -0.3 is 9.30 Å². The third-order valence-corrected chi connectivity index (χ3v) is 8.78. The molecule has 1 aromatic heterocycles. The van der Waals surface area contributed by atoms with Crippen LogP contribution in [0.3, 0.4) is 0 Å². The lowest BCUT2D eigenvalue weighted by Gasteiger charge is -2.09. The number of sulfonamides is 2. The summed E-state index contributed by atoms with van der Waals surface area (Å²) in [5.74, 6) is -1.35. The van der Waals surface area contributed by atoms with E-state index >= 15 is 0 Å². The number of hydrogen-bond donors (Lipinski definition) is 2. The number of nitrogens with one attached hydrogen (secondary N) is 1. The molecule has 0 saturated heterocycles. The van der Waals surface area contributed by atoms with Crippen LogP contribution in [0.4, 0.5) is 5.69 Å². The minimum absolute atomic E-state index is 0.0173. The number of aromatic nitrogens is 1. The van der Waals surface area contributed by atoms with Crippen LogP contribution >= 0.6 is 22.9 Å². The normalized spacial score (nSPS) is 12.4. The molecule has 1 heterocycles. The number of fused-ring (bicyclic) bond motifs is 1. The van der Waals surface area contributed by atoms with Crippen LogP contribution < -0.4 is 14.7 Å². The lowest BCUT2D eigenvalue weighted by Crippen LogP contribution is -2.22. The fourth-order valence-electron chi connectivity index (χ4n) is 3.36. The second-order valence-electron chi connectivity index (χ2n) is 7.78. The summed E-state index contributed by atoms with van der Waals surface area (Å²) in [6, 6.07) is 15.3. The van der Waals surface area contributed by atoms with Crippen molar-refractivity contribution in [1.82, 2.24) is 4.57 Å². The maximum absolute atomic E-state index is 13.1. The number of carbonyl (C=O) groups is 2. The molecule has 0 saturated carbocycles. The van der Waals surface area contributed by atoms with E-state index < -0.39 is 31.9 Å². The van der Waals surface area contributed by atoms with Gasteiger partial charge in [-0.05, 0) is 60.7 Å². The van der Waals surface area contributed by atoms with Gasteiger partial charge in [0.1, 0.15) is 6.54 Å². The first-order valence-corrected chi connectivity index (χ1v) is 14.8. The molecule has 0 bridgehead atoms. The third kappa shape index (κ3) is 6.11. The number of benzene rings is 3. The molecule has 4 aromatic rings. The molecule has 0 fully saturated rings. The van der Waals surface area contributed by atoms with Crippen molar-refractivity contribution in [3.8, 4) is 0 Å². The molecule has 0 aliphatic carbocycles. The molecule has 0 spiro atoms. The average molecular weight is 595 g/mol. The summed E-state index contributed by atoms with van der Waals surface area (Å²) in [4.78, 5) is 29.1. The number of carbonyl (C=O) groups excluding carboxylic acids is 2. The van der Waals surface area contributed by atoms with Gasteiger partial charge in [-0.2, -0.15) is 4.99 Å². The van der Waals surface area contributed by atoms with Gasteiger partial charge in [0.15, 0.2) is 4.80 Å². The van der Waals surface area contributed by atoms with E-state index in [2.05, 4.69) is 9.71 Å². The Morgan fingerprint density at radius 2 is 1.71 bits per heavy atom. The second kappa shape index (κ2) is 10.7. The predicted octanol–water partition coefficient (Wildman–Crippen LogP) is 2.72. The highest BCUT2D eigenvalue weighted by Gasteiger charge is 2.17. The monoisotopic (exact) mass is 594 g/mol. The number of rotatable bonds is 7. The van der Waals surface area contributed by atoms with E-state index in [1.165, 1.54) is 78.4 Å². The number of methoxy groups -OCH3 is 1. The molecule has 0 aliphatic heterocycles. The molecule has 0 radical (unpaired) electrons. The first kappa shape index (κ1) is 27.5. The number of thiazole rings is 1. The van der Waals surface area contributed by atoms with Crippen LogP contribution in [0.1, 0.15) is 10.4 Å². The lowest BCUT2D eigenvalue weighted by atomic mass is 10.2. The standard InChI is InChI=1S/C23H19ClN4O7S3/c1-35-21(29)13-28-19-10-9-18(37(25,31)32)12-20(19)36-23(28)26-22(30)14-3-2-4-16(11-14)27-38(33,34)17-7-5-15(24)6-8-17/h2-12,27H,13H2,1H3,(H2,25,31,32). The molecule has 0 atom stereocenters. The van der Waals surface area contributed by atoms with Crippen molar-refractivity contribution < 1.29 is 31.2 Å². The Labute approximate surface area is 226 Å². The molecule has 3 aromatic carbocycles. The fourth-order valence-corrected chi connectivity index (χ4v) is 6.21. The molecule has 11 nitrogen and oxygen atoms in total. The first-order valence-electron chi connectivity index (χ1n) is 10.6. The molecule has 0 unspecified atom stereocenters. The highest BCUT2D eigenvalue weighted by molar-refractivity contribution is 7.92. The van der Waals surface area contributed by atoms with Gasteiger partial charge in [0.2, 0.25) is 10.0 Å². The number of nitrogens with two attached hydrogens (primary N) is 1. The van der Waals surface area contributed by atoms with E-state index in [1.54, 1.807) is 0 Å². The Bertz CT molecular complexity index is 1850. The highest BCUT2D eigenvalue weighted by Crippen LogP contribution is 2.22. The molecule has 38 heavy (non-hydrogen) atoms. The van der Waals surface area contributed by atoms with Gasteiger partial charge in [-0.15, -0.1) is 0 Å². The van der Waals surface area contributed by atoms with Crippen molar-refractivity contribution in [2.45, 2.75) is 16.3 Å². The second-order valence-corrected chi connectivity index (χ2v) is 12.5. The molecule has 1 amide bonds. The summed E-state index contributed by atoms with van der Waals surface area (Å²) < 4.78 is 57.9. The Balaban J connectivity index is 1.72. The van der Waals surface area contributed by atoms with Crippen LogP contribution in [-0.4, -0.2) is 40.4 Å². The van der Waals surface area contributed by atoms with Crippen molar-refractivity contribution in [2.75, 3.05) is 11.8 Å². The zero-order valence-corrected chi connectivity index (χ0v) is 22.7. The maximum atomic E-state index is 13.1. The summed E-state index contributed by atoms with van der Waals surface area (Å²) in [5, 5.41) is 5.60. The Morgan fingerprint density at radius 3 is 2.37 bits per heavy atom. The van der Waals surface area contributed by atoms with Crippen molar-refractivity contribution in [3.05, 3.63) is 82.1 Å². The molecule has 3 N–H and O–H groups in total. The van der Waals surface area contributed by atoms with Crippen LogP contribution in [-0.2, 0) is 36.1 Å². The minimum Gasteiger partial charge on any atom is -0.468 e. The van der Waals surface area contributed by atoms with E-state index in [9.17, 15) is 26.4 Å². The van der Waals surface area contributed by atoms with Gasteiger partial charge in [0.05, 0.1) is 27.1 Å². The summed E-state index contributed by atoms with van der Waals surface area (Å²) in [5.41, 5.74) is 0.620. The van der Waals surface area contributed by atoms with E-state index in [0.717, 1.165) is 11.3 Å². The molecular formula is C23H19ClN4O7S3. The van der Waals surface area contributed by atoms with Gasteiger partial charge in [-0.25, -0.2) is 22.0 Å². The molecule has 198 valence electrons. The zero-order chi connectivity index (χ0) is 27.7. The third-order valence-electron chi connectivity index (χ3n) is 5.18. The minimum atomic E-state index is -3.99. The zero-order valence-electron chi connectivity index (χ0n) is 19.5. The topological polar surface area (TPSA) is 167 Å². The Kier molecular flexibility index (Phi) is 7.71. The Hall–Kier alpha value is -3.56. The number of anilines is 1. The van der Waals surface area contributed by atoms with Crippen LogP contribution in [0.5, 0.6) is 0 Å². The first-order chi connectivity index (χ1) is 17.9.